The number of hydrogen-bond donors (Lipinski definition) is 3. The Morgan fingerprint density at radius 1 is 0.857 bits per heavy atom. The van der Waals surface area contributed by atoms with Gasteiger partial charge in [0.1, 0.15) is 0 Å². The minimum Gasteiger partial charge on any atom is -0.379 e. The van der Waals surface area contributed by atoms with E-state index in [1.165, 1.54) is 38.5 Å². The minimum atomic E-state index is 0.610. The van der Waals surface area contributed by atoms with Crippen LogP contribution in [0.25, 0.3) is 0 Å². The van der Waals surface area contributed by atoms with Crippen LogP contribution in [0, 0.1) is 0 Å². The molecule has 0 rings (SSSR count). The lowest BCUT2D eigenvalue weighted by molar-refractivity contribution is 0.143. The third kappa shape index (κ3) is 22.3. The zero-order valence-electron chi connectivity index (χ0n) is 15.0. The molecule has 21 heavy (non-hydrogen) atoms. The van der Waals surface area contributed by atoms with E-state index in [4.69, 9.17) is 10.5 Å². The van der Waals surface area contributed by atoms with Crippen LogP contribution in [-0.2, 0) is 4.74 Å². The van der Waals surface area contributed by atoms with Crippen molar-refractivity contribution < 1.29 is 4.74 Å². The fourth-order valence-electron chi connectivity index (χ4n) is 1.91. The predicted octanol–water partition coefficient (Wildman–Crippen LogP) is 2.92. The average molecular weight is 304 g/mol. The van der Waals surface area contributed by atoms with Crippen molar-refractivity contribution in [2.45, 2.75) is 72.3 Å². The van der Waals surface area contributed by atoms with E-state index in [2.05, 4.69) is 38.3 Å². The first-order valence-electron chi connectivity index (χ1n) is 8.98. The number of ether oxygens (including phenoxy) is 1. The molecule has 0 bridgehead atoms. The molecular formula is C17H41N3O. The predicted molar refractivity (Wildman–Crippen MR) is 94.9 cm³/mol. The van der Waals surface area contributed by atoms with Crippen LogP contribution in [0.4, 0.5) is 0 Å². The summed E-state index contributed by atoms with van der Waals surface area (Å²) in [7, 11) is 0. The van der Waals surface area contributed by atoms with Crippen molar-refractivity contribution in [1.29, 1.82) is 0 Å². The Labute approximate surface area is 133 Å². The summed E-state index contributed by atoms with van der Waals surface area (Å²) in [6.07, 6.45) is 7.69. The quantitative estimate of drug-likeness (QED) is 0.432. The van der Waals surface area contributed by atoms with Crippen LogP contribution in [-0.4, -0.2) is 45.4 Å². The van der Waals surface area contributed by atoms with Gasteiger partial charge in [-0.3, -0.25) is 0 Å². The molecule has 4 heteroatoms. The van der Waals surface area contributed by atoms with E-state index < -0.39 is 0 Å². The number of unbranched alkanes of at least 4 members (excludes halogenated alkanes) is 2. The van der Waals surface area contributed by atoms with Gasteiger partial charge < -0.3 is 21.1 Å². The van der Waals surface area contributed by atoms with Crippen LogP contribution in [0.15, 0.2) is 0 Å². The molecule has 0 aliphatic rings. The molecule has 0 aromatic carbocycles. The Morgan fingerprint density at radius 3 is 2.00 bits per heavy atom. The first-order valence-corrected chi connectivity index (χ1v) is 8.98. The molecule has 4 N–H and O–H groups in total. The number of hydrogen-bond acceptors (Lipinski definition) is 4. The zero-order chi connectivity index (χ0) is 16.2. The van der Waals surface area contributed by atoms with Gasteiger partial charge in [0.25, 0.3) is 0 Å². The molecule has 0 saturated heterocycles. The average Bonchev–Trinajstić information content (AvgIpc) is 2.51. The Morgan fingerprint density at radius 2 is 1.52 bits per heavy atom. The van der Waals surface area contributed by atoms with Crippen molar-refractivity contribution >= 4 is 0 Å². The Kier molecular flexibility index (Phi) is 24.4. The Hall–Kier alpha value is -0.160. The molecule has 0 aromatic rings. The maximum atomic E-state index is 5.31. The van der Waals surface area contributed by atoms with Crippen molar-refractivity contribution in [3.05, 3.63) is 0 Å². The lowest BCUT2D eigenvalue weighted by Gasteiger charge is -2.14. The van der Waals surface area contributed by atoms with Crippen LogP contribution in [0.1, 0.15) is 66.2 Å². The second-order valence-electron chi connectivity index (χ2n) is 5.33. The summed E-state index contributed by atoms with van der Waals surface area (Å²) in [5.41, 5.74) is 5.31. The highest BCUT2D eigenvalue weighted by Crippen LogP contribution is 1.95. The molecule has 0 unspecified atom stereocenters. The fourth-order valence-corrected chi connectivity index (χ4v) is 1.91. The molecule has 0 aliphatic heterocycles. The summed E-state index contributed by atoms with van der Waals surface area (Å²) >= 11 is 0. The van der Waals surface area contributed by atoms with E-state index in [1.54, 1.807) is 0 Å². The van der Waals surface area contributed by atoms with Gasteiger partial charge in [-0.25, -0.2) is 0 Å². The smallest absolute Gasteiger partial charge is 0.0591 e. The summed E-state index contributed by atoms with van der Waals surface area (Å²) in [5.74, 6) is 0. The van der Waals surface area contributed by atoms with Crippen molar-refractivity contribution in [2.24, 2.45) is 5.73 Å². The van der Waals surface area contributed by atoms with Crippen LogP contribution in [0.3, 0.4) is 0 Å². The lowest BCUT2D eigenvalue weighted by atomic mass is 10.2. The Balaban J connectivity index is 0. The van der Waals surface area contributed by atoms with Crippen molar-refractivity contribution in [2.75, 3.05) is 39.4 Å². The van der Waals surface area contributed by atoms with Gasteiger partial charge >= 0.3 is 0 Å². The third-order valence-corrected chi connectivity index (χ3v) is 3.34. The summed E-state index contributed by atoms with van der Waals surface area (Å²) < 4.78 is 5.26. The second-order valence-corrected chi connectivity index (χ2v) is 5.33. The monoisotopic (exact) mass is 303 g/mol. The molecular weight excluding hydrogens is 262 g/mol. The van der Waals surface area contributed by atoms with E-state index in [0.717, 1.165) is 26.2 Å². The van der Waals surface area contributed by atoms with Crippen molar-refractivity contribution in [3.63, 3.8) is 0 Å². The topological polar surface area (TPSA) is 59.3 Å². The highest BCUT2D eigenvalue weighted by Gasteiger charge is 2.00. The van der Waals surface area contributed by atoms with E-state index in [9.17, 15) is 0 Å². The van der Waals surface area contributed by atoms with E-state index in [-0.39, 0.29) is 0 Å². The molecule has 0 spiro atoms. The molecule has 130 valence electrons. The van der Waals surface area contributed by atoms with Gasteiger partial charge in [0.15, 0.2) is 0 Å². The highest BCUT2D eigenvalue weighted by atomic mass is 16.5. The zero-order valence-corrected chi connectivity index (χ0v) is 15.0. The number of nitrogens with two attached hydrogens (primary N) is 1. The highest BCUT2D eigenvalue weighted by molar-refractivity contribution is 4.62. The van der Waals surface area contributed by atoms with Crippen molar-refractivity contribution in [3.8, 4) is 0 Å². The molecule has 0 atom stereocenters. The normalized spacial score (nSPS) is 10.6. The molecule has 0 aromatic heterocycles. The standard InChI is InChI=1S/C12H29N3O.C5H12/c1-3-12(4-2)15-8-5-7-14-9-11-16-10-6-13;1-3-5-4-2/h12,14-15H,3-11,13H2,1-2H3;3-5H2,1-2H3. The van der Waals surface area contributed by atoms with Crippen LogP contribution < -0.4 is 16.4 Å². The molecule has 0 heterocycles. The molecule has 0 radical (unpaired) electrons. The maximum absolute atomic E-state index is 5.31. The second kappa shape index (κ2) is 22.1. The molecule has 0 aliphatic carbocycles. The third-order valence-electron chi connectivity index (χ3n) is 3.34. The molecule has 0 fully saturated rings. The Bertz CT molecular complexity index is 162. The number of nitrogens with one attached hydrogen (secondary N) is 2. The van der Waals surface area contributed by atoms with Gasteiger partial charge in [0.2, 0.25) is 0 Å². The van der Waals surface area contributed by atoms with E-state index in [0.29, 0.717) is 19.2 Å². The first-order chi connectivity index (χ1) is 10.3. The van der Waals surface area contributed by atoms with Gasteiger partial charge in [-0.05, 0) is 32.4 Å². The fraction of sp³-hybridized carbons (Fsp3) is 1.00. The molecule has 0 saturated carbocycles. The minimum absolute atomic E-state index is 0.610. The SMILES string of the molecule is CCC(CC)NCCCNCCOCCN.CCCCC. The maximum Gasteiger partial charge on any atom is 0.0591 e. The van der Waals surface area contributed by atoms with Gasteiger partial charge in [0.05, 0.1) is 13.2 Å². The van der Waals surface area contributed by atoms with Crippen molar-refractivity contribution in [1.82, 2.24) is 10.6 Å². The number of rotatable bonds is 14. The molecule has 0 amide bonds. The lowest BCUT2D eigenvalue weighted by Crippen LogP contribution is -2.31. The van der Waals surface area contributed by atoms with Crippen LogP contribution in [0.5, 0.6) is 0 Å². The van der Waals surface area contributed by atoms with E-state index >= 15 is 0 Å². The van der Waals surface area contributed by atoms with Gasteiger partial charge in [0, 0.05) is 19.1 Å². The summed E-state index contributed by atoms with van der Waals surface area (Å²) in [5, 5.41) is 6.89. The first kappa shape index (κ1) is 23.1. The molecule has 4 nitrogen and oxygen atoms in total. The van der Waals surface area contributed by atoms with Gasteiger partial charge in [-0.1, -0.05) is 47.0 Å². The largest absolute Gasteiger partial charge is 0.379 e. The summed E-state index contributed by atoms with van der Waals surface area (Å²) in [6, 6.07) is 0.688. The van der Waals surface area contributed by atoms with E-state index in [1.807, 2.05) is 0 Å². The van der Waals surface area contributed by atoms with Gasteiger partial charge in [-0.15, -0.1) is 0 Å². The van der Waals surface area contributed by atoms with Crippen LogP contribution in [0.2, 0.25) is 0 Å². The summed E-state index contributed by atoms with van der Waals surface area (Å²) in [4.78, 5) is 0. The van der Waals surface area contributed by atoms with Crippen LogP contribution >= 0.6 is 0 Å². The van der Waals surface area contributed by atoms with Gasteiger partial charge in [-0.2, -0.15) is 0 Å². The summed E-state index contributed by atoms with van der Waals surface area (Å²) in [6.45, 7) is 14.0.